The predicted molar refractivity (Wildman–Crippen MR) is 170 cm³/mol. The van der Waals surface area contributed by atoms with Gasteiger partial charge in [0.2, 0.25) is 0 Å². The third-order valence-electron chi connectivity index (χ3n) is 6.60. The number of rotatable bonds is 11. The number of phenols is 1. The molecule has 0 fully saturated rings. The molecule has 0 saturated heterocycles. The minimum absolute atomic E-state index is 0.0868. The molecule has 0 unspecified atom stereocenters. The first-order valence-electron chi connectivity index (χ1n) is 13.6. The van der Waals surface area contributed by atoms with Crippen molar-refractivity contribution in [3.05, 3.63) is 131 Å². The minimum Gasteiger partial charge on any atom is -0.508 e. The van der Waals surface area contributed by atoms with Crippen LogP contribution < -0.4 is 15.5 Å². The highest BCUT2D eigenvalue weighted by Crippen LogP contribution is 2.20. The number of phenolic OH excluding ortho intramolecular Hbond substituents is 1. The number of aromatic amines is 1. The summed E-state index contributed by atoms with van der Waals surface area (Å²) in [6, 6.07) is 28.1. The van der Waals surface area contributed by atoms with Crippen LogP contribution in [0.1, 0.15) is 22.3 Å². The Bertz CT molecular complexity index is 1760. The number of hydrogen-bond acceptors (Lipinski definition) is 5. The average molecular weight is 593 g/mol. The van der Waals surface area contributed by atoms with E-state index < -0.39 is 17.9 Å². The highest BCUT2D eigenvalue weighted by molar-refractivity contribution is 6.30. The van der Waals surface area contributed by atoms with Crippen molar-refractivity contribution in [1.29, 1.82) is 0 Å². The zero-order valence-corrected chi connectivity index (χ0v) is 23.8. The van der Waals surface area contributed by atoms with E-state index in [4.69, 9.17) is 16.3 Å². The van der Waals surface area contributed by atoms with E-state index in [1.807, 2.05) is 79.0 Å². The van der Waals surface area contributed by atoms with Crippen LogP contribution >= 0.6 is 11.6 Å². The number of para-hydroxylation sites is 1. The topological polar surface area (TPSA) is 116 Å². The van der Waals surface area contributed by atoms with E-state index in [-0.39, 0.29) is 18.8 Å². The number of aromatic hydroxyl groups is 1. The lowest BCUT2D eigenvalue weighted by Crippen LogP contribution is -2.48. The van der Waals surface area contributed by atoms with Gasteiger partial charge in [-0.15, -0.1) is 0 Å². The molecule has 1 atom stereocenters. The van der Waals surface area contributed by atoms with Gasteiger partial charge < -0.3 is 20.1 Å². The number of ether oxygens (including phenoxy) is 1. The number of amides is 2. The lowest BCUT2D eigenvalue weighted by molar-refractivity contribution is -0.130. The fourth-order valence-corrected chi connectivity index (χ4v) is 4.54. The molecule has 43 heavy (non-hydrogen) atoms. The van der Waals surface area contributed by atoms with Crippen LogP contribution in [0.15, 0.2) is 108 Å². The smallest absolute Gasteiger partial charge is 0.262 e. The molecule has 4 N–H and O–H groups in total. The number of carbonyl (C=O) groups excluding carboxylic acids is 2. The quantitative estimate of drug-likeness (QED) is 0.0861. The Kier molecular flexibility index (Phi) is 9.51. The van der Waals surface area contributed by atoms with E-state index in [2.05, 4.69) is 20.8 Å². The van der Waals surface area contributed by atoms with Gasteiger partial charge in [-0.05, 0) is 64.7 Å². The van der Waals surface area contributed by atoms with Crippen molar-refractivity contribution in [1.82, 2.24) is 15.7 Å². The second kappa shape index (κ2) is 14.0. The Hall–Kier alpha value is -5.34. The summed E-state index contributed by atoms with van der Waals surface area (Å²) in [5, 5.41) is 18.1. The molecule has 9 heteroatoms. The van der Waals surface area contributed by atoms with Crippen LogP contribution in [0.5, 0.6) is 11.5 Å². The first kappa shape index (κ1) is 29.2. The zero-order valence-electron chi connectivity index (χ0n) is 23.0. The summed E-state index contributed by atoms with van der Waals surface area (Å²) in [7, 11) is 0. The maximum atomic E-state index is 13.1. The third-order valence-corrected chi connectivity index (χ3v) is 6.85. The van der Waals surface area contributed by atoms with Gasteiger partial charge in [-0.3, -0.25) is 9.59 Å². The summed E-state index contributed by atoms with van der Waals surface area (Å²) in [5.41, 5.74) is 6.90. The van der Waals surface area contributed by atoms with E-state index in [0.29, 0.717) is 16.3 Å². The van der Waals surface area contributed by atoms with Gasteiger partial charge in [0, 0.05) is 28.5 Å². The number of nitrogens with one attached hydrogen (secondary N) is 3. The number of H-pyrrole nitrogens is 1. The summed E-state index contributed by atoms with van der Waals surface area (Å²) < 4.78 is 5.69. The van der Waals surface area contributed by atoms with Gasteiger partial charge >= 0.3 is 0 Å². The van der Waals surface area contributed by atoms with Crippen LogP contribution in [0.3, 0.4) is 0 Å². The second-order valence-corrected chi connectivity index (χ2v) is 10.2. The Morgan fingerprint density at radius 3 is 2.37 bits per heavy atom. The Morgan fingerprint density at radius 1 is 0.907 bits per heavy atom. The normalized spacial score (nSPS) is 12.0. The largest absolute Gasteiger partial charge is 0.508 e. The molecule has 0 aliphatic heterocycles. The minimum atomic E-state index is -0.919. The number of nitrogens with zero attached hydrogens (tertiary/aromatic N) is 1. The van der Waals surface area contributed by atoms with Crippen molar-refractivity contribution in [3.63, 3.8) is 0 Å². The van der Waals surface area contributed by atoms with Gasteiger partial charge in [-0.25, -0.2) is 5.43 Å². The molecule has 0 spiro atoms. The molecular weight excluding hydrogens is 564 g/mol. The highest BCUT2D eigenvalue weighted by atomic mass is 35.5. The summed E-state index contributed by atoms with van der Waals surface area (Å²) in [5.74, 6) is -0.341. The molecule has 1 heterocycles. The van der Waals surface area contributed by atoms with E-state index in [1.165, 1.54) is 12.3 Å². The lowest BCUT2D eigenvalue weighted by Gasteiger charge is -2.17. The van der Waals surface area contributed by atoms with Gasteiger partial charge in [-0.1, -0.05) is 78.4 Å². The van der Waals surface area contributed by atoms with Gasteiger partial charge in [0.05, 0.1) is 6.21 Å². The van der Waals surface area contributed by atoms with Crippen molar-refractivity contribution in [3.8, 4) is 11.5 Å². The van der Waals surface area contributed by atoms with Crippen LogP contribution in [0.4, 0.5) is 0 Å². The van der Waals surface area contributed by atoms with Gasteiger partial charge in [0.1, 0.15) is 17.5 Å². The molecule has 4 aromatic carbocycles. The Balaban J connectivity index is 1.21. The second-order valence-electron chi connectivity index (χ2n) is 9.76. The molecule has 0 saturated carbocycles. The van der Waals surface area contributed by atoms with Crippen molar-refractivity contribution < 1.29 is 19.4 Å². The first-order valence-corrected chi connectivity index (χ1v) is 13.9. The molecule has 0 aliphatic rings. The maximum absolute atomic E-state index is 13.1. The fourth-order valence-electron chi connectivity index (χ4n) is 4.41. The first-order chi connectivity index (χ1) is 20.9. The van der Waals surface area contributed by atoms with E-state index in [0.717, 1.165) is 27.6 Å². The lowest BCUT2D eigenvalue weighted by atomic mass is 10.0. The van der Waals surface area contributed by atoms with Crippen molar-refractivity contribution in [2.45, 2.75) is 12.5 Å². The third kappa shape index (κ3) is 8.34. The summed E-state index contributed by atoms with van der Waals surface area (Å²) in [6.45, 7) is -0.274. The molecule has 0 bridgehead atoms. The van der Waals surface area contributed by atoms with E-state index >= 15 is 0 Å². The van der Waals surface area contributed by atoms with Crippen LogP contribution in [0, 0.1) is 0 Å². The fraction of sp³-hybridized carbons (Fsp3) is 0.0882. The van der Waals surface area contributed by atoms with Crippen LogP contribution in [-0.4, -0.2) is 40.8 Å². The monoisotopic (exact) mass is 592 g/mol. The molecular formula is C34H29ClN4O4. The number of hydrogen-bond donors (Lipinski definition) is 4. The molecule has 2 amide bonds. The standard InChI is InChI=1S/C34H29ClN4O4/c35-27-14-10-23(11-15-27)8-9-24-12-16-29(17-13-24)43-22-33(41)38-32(19-26-21-36-31-7-2-1-6-30(26)31)34(42)39-37-20-25-4-3-5-28(40)18-25/h1-18,20-21,32,36,40H,19,22H2,(H,38,41)(H,39,42)/b9-8+,37-20+/t32-/m0/s1. The van der Waals surface area contributed by atoms with Gasteiger partial charge in [-0.2, -0.15) is 5.10 Å². The molecule has 216 valence electrons. The molecule has 0 radical (unpaired) electrons. The maximum Gasteiger partial charge on any atom is 0.262 e. The predicted octanol–water partition coefficient (Wildman–Crippen LogP) is 5.95. The highest BCUT2D eigenvalue weighted by Gasteiger charge is 2.23. The van der Waals surface area contributed by atoms with E-state index in [9.17, 15) is 14.7 Å². The average Bonchev–Trinajstić information content (AvgIpc) is 3.42. The van der Waals surface area contributed by atoms with Crippen LogP contribution in [0.2, 0.25) is 5.02 Å². The summed E-state index contributed by atoms with van der Waals surface area (Å²) in [6.07, 6.45) is 7.42. The van der Waals surface area contributed by atoms with Crippen molar-refractivity contribution in [2.24, 2.45) is 5.10 Å². The van der Waals surface area contributed by atoms with Gasteiger partial charge in [0.15, 0.2) is 6.61 Å². The molecule has 8 nitrogen and oxygen atoms in total. The Labute approximate surface area is 253 Å². The van der Waals surface area contributed by atoms with E-state index in [1.54, 1.807) is 30.3 Å². The number of benzene rings is 4. The SMILES string of the molecule is O=C(COc1ccc(/C=C/c2ccc(Cl)cc2)cc1)N[C@@H](Cc1c[nH]c2ccccc12)C(=O)N/N=C/c1cccc(O)c1. The van der Waals surface area contributed by atoms with Crippen molar-refractivity contribution in [2.75, 3.05) is 6.61 Å². The number of halogens is 1. The molecule has 5 aromatic rings. The molecule has 0 aliphatic carbocycles. The van der Waals surface area contributed by atoms with Gasteiger partial charge in [0.25, 0.3) is 11.8 Å². The number of carbonyl (C=O) groups is 2. The van der Waals surface area contributed by atoms with Crippen molar-refractivity contribution >= 4 is 52.7 Å². The summed E-state index contributed by atoms with van der Waals surface area (Å²) >= 11 is 5.94. The molecule has 5 rings (SSSR count). The number of fused-ring (bicyclic) bond motifs is 1. The zero-order chi connectivity index (χ0) is 30.0. The Morgan fingerprint density at radius 2 is 1.63 bits per heavy atom. The number of aromatic nitrogens is 1. The van der Waals surface area contributed by atoms with Crippen LogP contribution in [-0.2, 0) is 16.0 Å². The molecule has 1 aromatic heterocycles. The summed E-state index contributed by atoms with van der Waals surface area (Å²) in [4.78, 5) is 29.2. The number of hydrazone groups is 1. The van der Waals surface area contributed by atoms with Crippen LogP contribution in [0.25, 0.3) is 23.1 Å².